The largest absolute Gasteiger partial charge is 0.327 e. The number of nitrogens with one attached hydrogen (secondary N) is 1. The van der Waals surface area contributed by atoms with E-state index in [0.717, 1.165) is 11.3 Å². The predicted octanol–water partition coefficient (Wildman–Crippen LogP) is 2.63. The maximum absolute atomic E-state index is 10.2. The van der Waals surface area contributed by atoms with Crippen molar-refractivity contribution in [2.75, 3.05) is 5.32 Å². The number of pyridine rings is 1. The van der Waals surface area contributed by atoms with Gasteiger partial charge in [-0.1, -0.05) is 29.8 Å². The van der Waals surface area contributed by atoms with E-state index in [4.69, 9.17) is 0 Å². The second-order valence-corrected chi connectivity index (χ2v) is 3.56. The average molecular weight is 212 g/mol. The topological polar surface area (TPSA) is 42.0 Å². The van der Waals surface area contributed by atoms with Crippen LogP contribution >= 0.6 is 0 Å². The zero-order chi connectivity index (χ0) is 11.4. The van der Waals surface area contributed by atoms with Gasteiger partial charge in [-0.2, -0.15) is 0 Å². The molecule has 0 radical (unpaired) electrons. The SMILES string of the molecule is Cc1ccc(-c2ccc(NC=O)cn2)cc1. The van der Waals surface area contributed by atoms with Crippen LogP contribution in [0, 0.1) is 6.92 Å². The Morgan fingerprint density at radius 2 is 1.88 bits per heavy atom. The number of anilines is 1. The molecule has 0 spiro atoms. The van der Waals surface area contributed by atoms with E-state index in [1.54, 1.807) is 6.20 Å². The van der Waals surface area contributed by atoms with Crippen LogP contribution in [0.3, 0.4) is 0 Å². The predicted molar refractivity (Wildman–Crippen MR) is 64.1 cm³/mol. The zero-order valence-electron chi connectivity index (χ0n) is 8.97. The Morgan fingerprint density at radius 1 is 1.12 bits per heavy atom. The van der Waals surface area contributed by atoms with E-state index in [-0.39, 0.29) is 0 Å². The summed E-state index contributed by atoms with van der Waals surface area (Å²) in [6.45, 7) is 2.05. The minimum Gasteiger partial charge on any atom is -0.327 e. The molecule has 2 aromatic rings. The Balaban J connectivity index is 2.27. The van der Waals surface area contributed by atoms with Gasteiger partial charge in [-0.05, 0) is 19.1 Å². The number of carbonyl (C=O) groups excluding carboxylic acids is 1. The van der Waals surface area contributed by atoms with E-state index in [2.05, 4.69) is 22.4 Å². The summed E-state index contributed by atoms with van der Waals surface area (Å²) >= 11 is 0. The standard InChI is InChI=1S/C13H12N2O/c1-10-2-4-11(5-3-10)13-7-6-12(8-14-13)15-9-16/h2-9H,1H3,(H,15,16). The highest BCUT2D eigenvalue weighted by Gasteiger charge is 1.98. The third-order valence-electron chi connectivity index (χ3n) is 2.34. The molecule has 16 heavy (non-hydrogen) atoms. The third kappa shape index (κ3) is 2.25. The van der Waals surface area contributed by atoms with Gasteiger partial charge in [0.05, 0.1) is 17.6 Å². The van der Waals surface area contributed by atoms with Crippen LogP contribution in [-0.2, 0) is 4.79 Å². The summed E-state index contributed by atoms with van der Waals surface area (Å²) in [6.07, 6.45) is 2.28. The van der Waals surface area contributed by atoms with Gasteiger partial charge in [-0.15, -0.1) is 0 Å². The molecule has 1 amide bonds. The van der Waals surface area contributed by atoms with Gasteiger partial charge in [0.25, 0.3) is 0 Å². The summed E-state index contributed by atoms with van der Waals surface area (Å²) in [4.78, 5) is 14.5. The fourth-order valence-corrected chi connectivity index (χ4v) is 1.44. The molecule has 0 aliphatic carbocycles. The number of nitrogens with zero attached hydrogens (tertiary/aromatic N) is 1. The fourth-order valence-electron chi connectivity index (χ4n) is 1.44. The van der Waals surface area contributed by atoms with Crippen LogP contribution < -0.4 is 5.32 Å². The van der Waals surface area contributed by atoms with E-state index in [9.17, 15) is 4.79 Å². The number of hydrogen-bond acceptors (Lipinski definition) is 2. The molecule has 1 aromatic heterocycles. The molecule has 0 bridgehead atoms. The highest BCUT2D eigenvalue weighted by atomic mass is 16.1. The molecule has 0 unspecified atom stereocenters. The van der Waals surface area contributed by atoms with Gasteiger partial charge >= 0.3 is 0 Å². The Bertz CT molecular complexity index is 474. The molecule has 1 N–H and O–H groups in total. The maximum Gasteiger partial charge on any atom is 0.211 e. The lowest BCUT2D eigenvalue weighted by molar-refractivity contribution is -0.105. The van der Waals surface area contributed by atoms with Crippen molar-refractivity contribution in [3.63, 3.8) is 0 Å². The lowest BCUT2D eigenvalue weighted by Gasteiger charge is -2.02. The molecule has 0 aliphatic rings. The first-order valence-electron chi connectivity index (χ1n) is 5.03. The van der Waals surface area contributed by atoms with Gasteiger partial charge in [0, 0.05) is 5.56 Å². The van der Waals surface area contributed by atoms with E-state index in [1.165, 1.54) is 5.56 Å². The number of amides is 1. The quantitative estimate of drug-likeness (QED) is 0.794. The van der Waals surface area contributed by atoms with E-state index in [1.807, 2.05) is 31.2 Å². The highest BCUT2D eigenvalue weighted by Crippen LogP contribution is 2.18. The Hall–Kier alpha value is -2.16. The van der Waals surface area contributed by atoms with Crippen LogP contribution in [0.25, 0.3) is 11.3 Å². The van der Waals surface area contributed by atoms with Gasteiger partial charge in [-0.25, -0.2) is 0 Å². The Kier molecular flexibility index (Phi) is 2.96. The number of benzene rings is 1. The van der Waals surface area contributed by atoms with Crippen molar-refractivity contribution in [1.82, 2.24) is 4.98 Å². The average Bonchev–Trinajstić information content (AvgIpc) is 2.32. The molecule has 0 atom stereocenters. The van der Waals surface area contributed by atoms with Crippen LogP contribution in [0.15, 0.2) is 42.6 Å². The maximum atomic E-state index is 10.2. The summed E-state index contributed by atoms with van der Waals surface area (Å²) < 4.78 is 0. The molecular weight excluding hydrogens is 200 g/mol. The summed E-state index contributed by atoms with van der Waals surface area (Å²) in [5.74, 6) is 0. The summed E-state index contributed by atoms with van der Waals surface area (Å²) in [6, 6.07) is 11.9. The number of rotatable bonds is 3. The van der Waals surface area contributed by atoms with E-state index in [0.29, 0.717) is 12.1 Å². The first kappa shape index (κ1) is 10.4. The number of aryl methyl sites for hydroxylation is 1. The number of carbonyl (C=O) groups is 1. The molecule has 2 rings (SSSR count). The third-order valence-corrected chi connectivity index (χ3v) is 2.34. The number of aromatic nitrogens is 1. The van der Waals surface area contributed by atoms with Crippen LogP contribution in [-0.4, -0.2) is 11.4 Å². The van der Waals surface area contributed by atoms with E-state index >= 15 is 0 Å². The molecule has 3 heteroatoms. The fraction of sp³-hybridized carbons (Fsp3) is 0.0769. The van der Waals surface area contributed by atoms with Crippen LogP contribution in [0.4, 0.5) is 5.69 Å². The van der Waals surface area contributed by atoms with Crippen molar-refractivity contribution >= 4 is 12.1 Å². The van der Waals surface area contributed by atoms with Crippen LogP contribution in [0.5, 0.6) is 0 Å². The van der Waals surface area contributed by atoms with Crippen molar-refractivity contribution in [1.29, 1.82) is 0 Å². The second kappa shape index (κ2) is 4.57. The molecular formula is C13H12N2O. The van der Waals surface area contributed by atoms with Crippen molar-refractivity contribution in [3.05, 3.63) is 48.2 Å². The normalized spacial score (nSPS) is 9.81. The summed E-state index contributed by atoms with van der Waals surface area (Å²) in [5, 5.41) is 2.55. The molecule has 0 aliphatic heterocycles. The molecule has 0 saturated carbocycles. The summed E-state index contributed by atoms with van der Waals surface area (Å²) in [7, 11) is 0. The lowest BCUT2D eigenvalue weighted by atomic mass is 10.1. The molecule has 1 aromatic carbocycles. The van der Waals surface area contributed by atoms with Gasteiger partial charge in [0.2, 0.25) is 6.41 Å². The molecule has 0 fully saturated rings. The van der Waals surface area contributed by atoms with Gasteiger partial charge in [-0.3, -0.25) is 9.78 Å². The van der Waals surface area contributed by atoms with Crippen LogP contribution in [0.2, 0.25) is 0 Å². The minimum absolute atomic E-state index is 0.641. The lowest BCUT2D eigenvalue weighted by Crippen LogP contribution is -1.94. The van der Waals surface area contributed by atoms with Gasteiger partial charge < -0.3 is 5.32 Å². The Morgan fingerprint density at radius 3 is 2.44 bits per heavy atom. The monoisotopic (exact) mass is 212 g/mol. The molecule has 80 valence electrons. The highest BCUT2D eigenvalue weighted by molar-refractivity contribution is 5.71. The minimum atomic E-state index is 0.641. The van der Waals surface area contributed by atoms with Crippen LogP contribution in [0.1, 0.15) is 5.56 Å². The van der Waals surface area contributed by atoms with Crippen molar-refractivity contribution in [3.8, 4) is 11.3 Å². The first-order chi connectivity index (χ1) is 7.79. The van der Waals surface area contributed by atoms with Crippen molar-refractivity contribution in [2.24, 2.45) is 0 Å². The van der Waals surface area contributed by atoms with E-state index < -0.39 is 0 Å². The van der Waals surface area contributed by atoms with Crippen molar-refractivity contribution in [2.45, 2.75) is 6.92 Å². The number of hydrogen-bond donors (Lipinski definition) is 1. The molecule has 0 saturated heterocycles. The van der Waals surface area contributed by atoms with Gasteiger partial charge in [0.1, 0.15) is 0 Å². The smallest absolute Gasteiger partial charge is 0.211 e. The first-order valence-corrected chi connectivity index (χ1v) is 5.03. The second-order valence-electron chi connectivity index (χ2n) is 3.56. The van der Waals surface area contributed by atoms with Crippen molar-refractivity contribution < 1.29 is 4.79 Å². The molecule has 3 nitrogen and oxygen atoms in total. The Labute approximate surface area is 94.1 Å². The molecule has 1 heterocycles. The van der Waals surface area contributed by atoms with Gasteiger partial charge in [0.15, 0.2) is 0 Å². The summed E-state index contributed by atoms with van der Waals surface area (Å²) in [5.41, 5.74) is 3.90. The zero-order valence-corrected chi connectivity index (χ0v) is 8.97.